The summed E-state index contributed by atoms with van der Waals surface area (Å²) in [5.41, 5.74) is 1.52. The molecule has 0 saturated carbocycles. The van der Waals surface area contributed by atoms with E-state index in [2.05, 4.69) is 10.6 Å². The van der Waals surface area contributed by atoms with Gasteiger partial charge in [0.15, 0.2) is 11.5 Å². The topological polar surface area (TPSA) is 76.7 Å². The third-order valence-corrected chi connectivity index (χ3v) is 3.95. The second-order valence-corrected chi connectivity index (χ2v) is 5.77. The minimum absolute atomic E-state index is 0.126. The molecule has 2 aromatic rings. The van der Waals surface area contributed by atoms with Crippen LogP contribution in [0.4, 0.5) is 0 Å². The third kappa shape index (κ3) is 4.29. The molecule has 1 heterocycles. The Labute approximate surface area is 146 Å². The zero-order valence-corrected chi connectivity index (χ0v) is 14.0. The van der Waals surface area contributed by atoms with E-state index in [0.29, 0.717) is 17.1 Å². The monoisotopic (exact) mass is 340 g/mol. The van der Waals surface area contributed by atoms with Crippen LogP contribution < -0.4 is 20.1 Å². The number of amides is 2. The number of hydrogen-bond acceptors (Lipinski definition) is 4. The van der Waals surface area contributed by atoms with E-state index in [0.717, 1.165) is 5.56 Å². The van der Waals surface area contributed by atoms with E-state index in [9.17, 15) is 9.59 Å². The van der Waals surface area contributed by atoms with E-state index in [1.165, 1.54) is 0 Å². The van der Waals surface area contributed by atoms with Gasteiger partial charge in [-0.2, -0.15) is 0 Å². The van der Waals surface area contributed by atoms with Gasteiger partial charge in [-0.25, -0.2) is 0 Å². The van der Waals surface area contributed by atoms with Crippen LogP contribution >= 0.6 is 0 Å². The molecule has 1 atom stereocenters. The first-order valence-electron chi connectivity index (χ1n) is 8.15. The molecule has 0 aromatic heterocycles. The van der Waals surface area contributed by atoms with Crippen LogP contribution in [0, 0.1) is 0 Å². The van der Waals surface area contributed by atoms with Gasteiger partial charge in [0.25, 0.3) is 5.91 Å². The van der Waals surface area contributed by atoms with Gasteiger partial charge in [0.1, 0.15) is 0 Å². The van der Waals surface area contributed by atoms with Gasteiger partial charge in [0, 0.05) is 18.5 Å². The van der Waals surface area contributed by atoms with Crippen molar-refractivity contribution in [3.05, 3.63) is 59.7 Å². The van der Waals surface area contributed by atoms with Crippen LogP contribution in [-0.4, -0.2) is 25.2 Å². The van der Waals surface area contributed by atoms with E-state index >= 15 is 0 Å². The molecular weight excluding hydrogens is 320 g/mol. The smallest absolute Gasteiger partial charge is 0.251 e. The molecular formula is C19H20N2O4. The zero-order valence-electron chi connectivity index (χ0n) is 14.0. The number of benzene rings is 2. The highest BCUT2D eigenvalue weighted by Gasteiger charge is 2.16. The molecule has 25 heavy (non-hydrogen) atoms. The summed E-state index contributed by atoms with van der Waals surface area (Å²) in [5, 5.41) is 5.65. The Kier molecular flexibility index (Phi) is 5.18. The molecule has 1 unspecified atom stereocenters. The Hall–Kier alpha value is -3.02. The first-order chi connectivity index (χ1) is 12.1. The molecule has 3 rings (SSSR count). The molecule has 0 aliphatic carbocycles. The summed E-state index contributed by atoms with van der Waals surface area (Å²) in [6.45, 7) is 2.41. The molecule has 6 nitrogen and oxygen atoms in total. The van der Waals surface area contributed by atoms with E-state index in [4.69, 9.17) is 9.47 Å². The molecule has 0 fully saturated rings. The number of hydrogen-bond donors (Lipinski definition) is 2. The van der Waals surface area contributed by atoms with E-state index in [-0.39, 0.29) is 37.6 Å². The molecule has 0 saturated heterocycles. The molecule has 0 bridgehead atoms. The van der Waals surface area contributed by atoms with E-state index in [1.54, 1.807) is 24.3 Å². The molecule has 2 amide bonds. The highest BCUT2D eigenvalue weighted by molar-refractivity contribution is 5.94. The summed E-state index contributed by atoms with van der Waals surface area (Å²) >= 11 is 0. The summed E-state index contributed by atoms with van der Waals surface area (Å²) in [6, 6.07) is 14.4. The van der Waals surface area contributed by atoms with Gasteiger partial charge in [-0.05, 0) is 36.8 Å². The highest BCUT2D eigenvalue weighted by atomic mass is 16.7. The number of nitrogens with one attached hydrogen (secondary N) is 2. The third-order valence-electron chi connectivity index (χ3n) is 3.95. The van der Waals surface area contributed by atoms with Gasteiger partial charge < -0.3 is 20.1 Å². The molecule has 1 aliphatic rings. The fourth-order valence-electron chi connectivity index (χ4n) is 2.56. The number of fused-ring (bicyclic) bond motifs is 1. The quantitative estimate of drug-likeness (QED) is 0.847. The van der Waals surface area contributed by atoms with Gasteiger partial charge in [-0.1, -0.05) is 24.3 Å². The SMILES string of the molecule is CC(NC(=O)CCNC(=O)c1ccccc1)c1ccc2c(c1)OCO2. The van der Waals surface area contributed by atoms with Crippen LogP contribution in [0.25, 0.3) is 0 Å². The van der Waals surface area contributed by atoms with E-state index < -0.39 is 0 Å². The minimum Gasteiger partial charge on any atom is -0.454 e. The van der Waals surface area contributed by atoms with Crippen molar-refractivity contribution in [2.45, 2.75) is 19.4 Å². The lowest BCUT2D eigenvalue weighted by Crippen LogP contribution is -2.32. The predicted molar refractivity (Wildman–Crippen MR) is 92.5 cm³/mol. The fourth-order valence-corrected chi connectivity index (χ4v) is 2.56. The predicted octanol–water partition coefficient (Wildman–Crippen LogP) is 2.41. The summed E-state index contributed by atoms with van der Waals surface area (Å²) in [7, 11) is 0. The maximum Gasteiger partial charge on any atom is 0.251 e. The number of carbonyl (C=O) groups is 2. The van der Waals surface area contributed by atoms with Crippen LogP contribution in [-0.2, 0) is 4.79 Å². The van der Waals surface area contributed by atoms with Gasteiger partial charge in [0.05, 0.1) is 6.04 Å². The van der Waals surface area contributed by atoms with Crippen LogP contribution in [0.2, 0.25) is 0 Å². The summed E-state index contributed by atoms with van der Waals surface area (Å²) in [4.78, 5) is 24.0. The molecule has 130 valence electrons. The van der Waals surface area contributed by atoms with Crippen LogP contribution in [0.3, 0.4) is 0 Å². The Morgan fingerprint density at radius 2 is 1.84 bits per heavy atom. The first-order valence-corrected chi connectivity index (χ1v) is 8.15. The number of carbonyl (C=O) groups excluding carboxylic acids is 2. The van der Waals surface area contributed by atoms with Gasteiger partial charge in [0.2, 0.25) is 12.7 Å². The van der Waals surface area contributed by atoms with Crippen molar-refractivity contribution in [1.82, 2.24) is 10.6 Å². The summed E-state index contributed by atoms with van der Waals surface area (Å²) in [5.74, 6) is 1.09. The molecule has 0 spiro atoms. The highest BCUT2D eigenvalue weighted by Crippen LogP contribution is 2.34. The van der Waals surface area contributed by atoms with Gasteiger partial charge in [-0.15, -0.1) is 0 Å². The van der Waals surface area contributed by atoms with Gasteiger partial charge >= 0.3 is 0 Å². The average Bonchev–Trinajstić information content (AvgIpc) is 3.10. The molecule has 2 N–H and O–H groups in total. The lowest BCUT2D eigenvalue weighted by molar-refractivity contribution is -0.121. The number of rotatable bonds is 6. The largest absolute Gasteiger partial charge is 0.454 e. The van der Waals surface area contributed by atoms with Crippen molar-refractivity contribution in [2.24, 2.45) is 0 Å². The second-order valence-electron chi connectivity index (χ2n) is 5.77. The molecule has 1 aliphatic heterocycles. The van der Waals surface area contributed by atoms with Gasteiger partial charge in [-0.3, -0.25) is 9.59 Å². The summed E-state index contributed by atoms with van der Waals surface area (Å²) < 4.78 is 10.6. The van der Waals surface area contributed by atoms with Crippen LogP contribution in [0.1, 0.15) is 35.3 Å². The van der Waals surface area contributed by atoms with Crippen molar-refractivity contribution in [3.63, 3.8) is 0 Å². The fraction of sp³-hybridized carbons (Fsp3) is 0.263. The first kappa shape index (κ1) is 16.8. The van der Waals surface area contributed by atoms with Crippen LogP contribution in [0.15, 0.2) is 48.5 Å². The molecule has 0 radical (unpaired) electrons. The Balaban J connectivity index is 1.45. The minimum atomic E-state index is -0.183. The Morgan fingerprint density at radius 1 is 1.08 bits per heavy atom. The van der Waals surface area contributed by atoms with Crippen molar-refractivity contribution in [1.29, 1.82) is 0 Å². The maximum atomic E-state index is 12.1. The zero-order chi connectivity index (χ0) is 17.6. The van der Waals surface area contributed by atoms with Crippen molar-refractivity contribution >= 4 is 11.8 Å². The Morgan fingerprint density at radius 3 is 2.64 bits per heavy atom. The molecule has 2 aromatic carbocycles. The second kappa shape index (κ2) is 7.70. The number of ether oxygens (including phenoxy) is 2. The van der Waals surface area contributed by atoms with E-state index in [1.807, 2.05) is 31.2 Å². The van der Waals surface area contributed by atoms with Crippen molar-refractivity contribution in [2.75, 3.05) is 13.3 Å². The average molecular weight is 340 g/mol. The van der Waals surface area contributed by atoms with Crippen molar-refractivity contribution in [3.8, 4) is 11.5 Å². The lowest BCUT2D eigenvalue weighted by atomic mass is 10.1. The lowest BCUT2D eigenvalue weighted by Gasteiger charge is -2.15. The summed E-state index contributed by atoms with van der Waals surface area (Å²) in [6.07, 6.45) is 0.216. The maximum absolute atomic E-state index is 12.1. The Bertz CT molecular complexity index is 761. The molecule has 6 heteroatoms. The van der Waals surface area contributed by atoms with Crippen LogP contribution in [0.5, 0.6) is 11.5 Å². The normalized spacial score (nSPS) is 13.2. The van der Waals surface area contributed by atoms with Crippen molar-refractivity contribution < 1.29 is 19.1 Å². The standard InChI is InChI=1S/C19H20N2O4/c1-13(15-7-8-16-17(11-15)25-12-24-16)21-18(22)9-10-20-19(23)14-5-3-2-4-6-14/h2-8,11,13H,9-10,12H2,1H3,(H,20,23)(H,21,22).